The van der Waals surface area contributed by atoms with Gasteiger partial charge in [0.25, 0.3) is 0 Å². The highest BCUT2D eigenvalue weighted by Crippen LogP contribution is 2.54. The molecule has 21 heavy (non-hydrogen) atoms. The Kier molecular flexibility index (Phi) is 7.22. The van der Waals surface area contributed by atoms with Crippen LogP contribution in [0.1, 0.15) is 26.2 Å². The largest absolute Gasteiger partial charge is 0.481 e. The molecule has 6 N–H and O–H groups in total. The number of carbonyl (C=O) groups is 2. The van der Waals surface area contributed by atoms with Crippen LogP contribution in [0, 0.1) is 5.92 Å². The van der Waals surface area contributed by atoms with Gasteiger partial charge >= 0.3 is 27.1 Å². The van der Waals surface area contributed by atoms with E-state index in [9.17, 15) is 18.7 Å². The predicted molar refractivity (Wildman–Crippen MR) is 70.0 cm³/mol. The van der Waals surface area contributed by atoms with Gasteiger partial charge in [-0.25, -0.2) is 0 Å². The van der Waals surface area contributed by atoms with Crippen LogP contribution >= 0.6 is 15.2 Å². The number of hydrogen-bond donors (Lipinski definition) is 6. The first-order valence-corrected chi connectivity index (χ1v) is 9.26. The molecule has 0 aliphatic rings. The van der Waals surface area contributed by atoms with E-state index in [2.05, 4.69) is 0 Å². The molecule has 0 aromatic carbocycles. The maximum Gasteiger partial charge on any atom is 0.340 e. The van der Waals surface area contributed by atoms with E-state index in [-0.39, 0.29) is 12.8 Å². The van der Waals surface area contributed by atoms with Crippen molar-refractivity contribution in [2.45, 2.75) is 37.5 Å². The lowest BCUT2D eigenvalue weighted by molar-refractivity contribution is -0.140. The zero-order valence-electron chi connectivity index (χ0n) is 11.1. The summed E-state index contributed by atoms with van der Waals surface area (Å²) in [6, 6.07) is 0. The molecule has 0 amide bonds. The Morgan fingerprint density at radius 2 is 1.24 bits per heavy atom. The predicted octanol–water partition coefficient (Wildman–Crippen LogP) is 0.0546. The second kappa shape index (κ2) is 7.49. The molecule has 0 heterocycles. The summed E-state index contributed by atoms with van der Waals surface area (Å²) >= 11 is 0. The van der Waals surface area contributed by atoms with Gasteiger partial charge in [-0.05, 0) is 6.42 Å². The van der Waals surface area contributed by atoms with E-state index in [1.165, 1.54) is 0 Å². The van der Waals surface area contributed by atoms with Crippen LogP contribution in [0.5, 0.6) is 0 Å². The summed E-state index contributed by atoms with van der Waals surface area (Å²) in [5.74, 6) is -5.88. The molecule has 0 aromatic rings. The average Bonchev–Trinajstić information content (AvgIpc) is 2.20. The summed E-state index contributed by atoms with van der Waals surface area (Å²) in [6.07, 6.45) is 0.246. The van der Waals surface area contributed by atoms with Crippen LogP contribution in [-0.2, 0) is 18.7 Å². The zero-order valence-corrected chi connectivity index (χ0v) is 12.9. The SMILES string of the molecule is CCCCC(C(C(=O)O)P(=O)(O)O)C(C(=O)O)P(=O)(O)O. The summed E-state index contributed by atoms with van der Waals surface area (Å²) in [5.41, 5.74) is -4.98. The second-order valence-corrected chi connectivity index (χ2v) is 8.02. The molecule has 2 atom stereocenters. The minimum absolute atomic E-state index is 0.165. The van der Waals surface area contributed by atoms with E-state index < -0.39 is 44.4 Å². The van der Waals surface area contributed by atoms with Crippen LogP contribution in [-0.4, -0.2) is 53.0 Å². The number of unbranched alkanes of at least 4 members (excludes halogenated alkanes) is 1. The number of hydrogen-bond acceptors (Lipinski definition) is 4. The monoisotopic (exact) mass is 348 g/mol. The summed E-state index contributed by atoms with van der Waals surface area (Å²) in [7, 11) is -10.6. The van der Waals surface area contributed by atoms with Crippen molar-refractivity contribution < 1.29 is 48.5 Å². The molecule has 12 heteroatoms. The Labute approximate surface area is 120 Å². The van der Waals surface area contributed by atoms with E-state index in [0.29, 0.717) is 6.42 Å². The van der Waals surface area contributed by atoms with E-state index in [1.54, 1.807) is 6.92 Å². The first-order chi connectivity index (χ1) is 9.34. The Balaban J connectivity index is 5.94. The smallest absolute Gasteiger partial charge is 0.340 e. The van der Waals surface area contributed by atoms with Crippen LogP contribution in [0.15, 0.2) is 0 Å². The lowest BCUT2D eigenvalue weighted by Crippen LogP contribution is -2.41. The first kappa shape index (κ1) is 20.2. The average molecular weight is 348 g/mol. The first-order valence-electron chi connectivity index (χ1n) is 5.90. The number of rotatable bonds is 9. The molecule has 0 saturated carbocycles. The van der Waals surface area contributed by atoms with Crippen molar-refractivity contribution in [3.05, 3.63) is 0 Å². The Bertz CT molecular complexity index is 437. The van der Waals surface area contributed by atoms with Crippen molar-refractivity contribution in [2.24, 2.45) is 5.92 Å². The maximum absolute atomic E-state index is 11.3. The highest BCUT2D eigenvalue weighted by Gasteiger charge is 2.53. The second-order valence-electron chi connectivity index (χ2n) is 4.55. The summed E-state index contributed by atoms with van der Waals surface area (Å²) in [5, 5.41) is 17.9. The van der Waals surface area contributed by atoms with Crippen LogP contribution in [0.3, 0.4) is 0 Å². The fraction of sp³-hybridized carbons (Fsp3) is 0.778. The lowest BCUT2D eigenvalue weighted by atomic mass is 9.94. The minimum Gasteiger partial charge on any atom is -0.481 e. The molecular weight excluding hydrogens is 330 g/mol. The Morgan fingerprint density at radius 1 is 0.905 bits per heavy atom. The van der Waals surface area contributed by atoms with Crippen molar-refractivity contribution in [3.63, 3.8) is 0 Å². The van der Waals surface area contributed by atoms with E-state index >= 15 is 0 Å². The van der Waals surface area contributed by atoms with E-state index in [0.717, 1.165) is 0 Å². The van der Waals surface area contributed by atoms with Crippen LogP contribution in [0.2, 0.25) is 0 Å². The van der Waals surface area contributed by atoms with Crippen molar-refractivity contribution >= 4 is 27.1 Å². The van der Waals surface area contributed by atoms with Crippen LogP contribution < -0.4 is 0 Å². The van der Waals surface area contributed by atoms with Gasteiger partial charge in [-0.2, -0.15) is 0 Å². The van der Waals surface area contributed by atoms with Gasteiger partial charge in [-0.1, -0.05) is 19.8 Å². The topological polar surface area (TPSA) is 190 Å². The van der Waals surface area contributed by atoms with Gasteiger partial charge in [0.15, 0.2) is 11.3 Å². The third kappa shape index (κ3) is 5.86. The third-order valence-electron chi connectivity index (χ3n) is 2.93. The quantitative estimate of drug-likeness (QED) is 0.310. The number of carboxylic acid groups (broad SMARTS) is 2. The molecule has 0 aromatic heterocycles. The Hall–Kier alpha value is -0.760. The molecule has 0 radical (unpaired) electrons. The van der Waals surface area contributed by atoms with Crippen LogP contribution in [0.4, 0.5) is 0 Å². The normalized spacial score (nSPS) is 17.0. The fourth-order valence-electron chi connectivity index (χ4n) is 2.08. The lowest BCUT2D eigenvalue weighted by Gasteiger charge is -2.29. The van der Waals surface area contributed by atoms with E-state index in [1.807, 2.05) is 0 Å². The van der Waals surface area contributed by atoms with Gasteiger partial charge in [0.2, 0.25) is 0 Å². The van der Waals surface area contributed by atoms with Gasteiger partial charge < -0.3 is 29.8 Å². The molecule has 10 nitrogen and oxygen atoms in total. The molecule has 0 aliphatic heterocycles. The van der Waals surface area contributed by atoms with Crippen molar-refractivity contribution in [1.82, 2.24) is 0 Å². The fourth-order valence-corrected chi connectivity index (χ4v) is 4.43. The summed E-state index contributed by atoms with van der Waals surface area (Å²) in [4.78, 5) is 58.5. The van der Waals surface area contributed by atoms with Gasteiger partial charge in [0, 0.05) is 5.92 Å². The highest BCUT2D eigenvalue weighted by molar-refractivity contribution is 7.55. The molecule has 0 rings (SSSR count). The molecular formula is C9H18O10P2. The molecule has 0 bridgehead atoms. The van der Waals surface area contributed by atoms with Crippen LogP contribution in [0.25, 0.3) is 0 Å². The number of aliphatic carboxylic acids is 2. The molecule has 0 saturated heterocycles. The summed E-state index contributed by atoms with van der Waals surface area (Å²) < 4.78 is 22.6. The Morgan fingerprint density at radius 3 is 1.43 bits per heavy atom. The summed E-state index contributed by atoms with van der Waals surface area (Å²) in [6.45, 7) is 1.65. The highest BCUT2D eigenvalue weighted by atomic mass is 31.2. The van der Waals surface area contributed by atoms with Gasteiger partial charge in [-0.3, -0.25) is 18.7 Å². The van der Waals surface area contributed by atoms with Crippen molar-refractivity contribution in [1.29, 1.82) is 0 Å². The minimum atomic E-state index is -5.30. The maximum atomic E-state index is 11.3. The molecule has 2 unspecified atom stereocenters. The zero-order chi connectivity index (χ0) is 17.0. The van der Waals surface area contributed by atoms with E-state index in [4.69, 9.17) is 29.8 Å². The van der Waals surface area contributed by atoms with Crippen molar-refractivity contribution in [3.8, 4) is 0 Å². The molecule has 0 spiro atoms. The molecule has 0 fully saturated rings. The van der Waals surface area contributed by atoms with Gasteiger partial charge in [0.05, 0.1) is 0 Å². The third-order valence-corrected chi connectivity index (χ3v) is 5.59. The number of carboxylic acids is 2. The standard InChI is InChI=1S/C9H18O10P2/c1-2-3-4-5(6(8(10)11)20(14,15)16)7(9(12)13)21(17,18)19/h5-7H,2-4H2,1H3,(H,10,11)(H,12,13)(H2,14,15,16)(H2,17,18,19). The molecule has 124 valence electrons. The van der Waals surface area contributed by atoms with Gasteiger partial charge in [-0.15, -0.1) is 0 Å². The van der Waals surface area contributed by atoms with Gasteiger partial charge in [0.1, 0.15) is 0 Å². The molecule has 0 aliphatic carbocycles. The van der Waals surface area contributed by atoms with Crippen molar-refractivity contribution in [2.75, 3.05) is 0 Å².